The molecular weight excluding hydrogens is 316 g/mol. The number of hydrogen-bond donors (Lipinski definition) is 2. The molecule has 2 N–H and O–H groups in total. The third-order valence-corrected chi connectivity index (χ3v) is 3.97. The van der Waals surface area contributed by atoms with E-state index in [1.54, 1.807) is 7.11 Å². The molecule has 5 nitrogen and oxygen atoms in total. The second kappa shape index (κ2) is 9.47. The van der Waals surface area contributed by atoms with E-state index in [0.29, 0.717) is 19.5 Å². The molecule has 0 saturated heterocycles. The third-order valence-electron chi connectivity index (χ3n) is 3.97. The number of ether oxygens (including phenoxy) is 1. The predicted molar refractivity (Wildman–Crippen MR) is 97.4 cm³/mol. The molecule has 5 heteroatoms. The van der Waals surface area contributed by atoms with Gasteiger partial charge in [0.15, 0.2) is 0 Å². The number of aryl methyl sites for hydroxylation is 1. The van der Waals surface area contributed by atoms with E-state index in [2.05, 4.69) is 10.6 Å². The lowest BCUT2D eigenvalue weighted by molar-refractivity contribution is -0.129. The molecule has 0 heterocycles. The first-order valence-corrected chi connectivity index (χ1v) is 8.30. The van der Waals surface area contributed by atoms with Crippen LogP contribution in [0.25, 0.3) is 0 Å². The summed E-state index contributed by atoms with van der Waals surface area (Å²) in [7, 11) is 1.62. The van der Waals surface area contributed by atoms with Gasteiger partial charge in [0, 0.05) is 13.1 Å². The van der Waals surface area contributed by atoms with Crippen molar-refractivity contribution in [2.45, 2.75) is 26.3 Å². The van der Waals surface area contributed by atoms with Gasteiger partial charge < -0.3 is 15.4 Å². The van der Waals surface area contributed by atoms with Crippen molar-refractivity contribution < 1.29 is 14.3 Å². The average molecular weight is 340 g/mol. The molecule has 0 bridgehead atoms. The highest BCUT2D eigenvalue weighted by Gasteiger charge is 2.10. The molecular formula is C20H24N2O3. The summed E-state index contributed by atoms with van der Waals surface area (Å²) in [5, 5.41) is 5.54. The zero-order valence-corrected chi connectivity index (χ0v) is 14.7. The number of benzene rings is 2. The summed E-state index contributed by atoms with van der Waals surface area (Å²) in [6.45, 7) is 2.89. The Hall–Kier alpha value is -2.82. The van der Waals surface area contributed by atoms with Gasteiger partial charge in [0.25, 0.3) is 0 Å². The zero-order valence-electron chi connectivity index (χ0n) is 14.7. The summed E-state index contributed by atoms with van der Waals surface area (Å²) in [6, 6.07) is 15.5. The Balaban J connectivity index is 1.71. The number of nitrogens with one attached hydrogen (secondary N) is 2. The topological polar surface area (TPSA) is 67.4 Å². The molecule has 25 heavy (non-hydrogen) atoms. The minimum Gasteiger partial charge on any atom is -0.496 e. The fourth-order valence-electron chi connectivity index (χ4n) is 2.52. The summed E-state index contributed by atoms with van der Waals surface area (Å²) in [6.07, 6.45) is 0.485. The molecule has 0 atom stereocenters. The first-order valence-electron chi connectivity index (χ1n) is 8.30. The molecule has 0 aliphatic heterocycles. The Kier molecular flexibility index (Phi) is 7.01. The number of hydrogen-bond acceptors (Lipinski definition) is 3. The van der Waals surface area contributed by atoms with E-state index in [-0.39, 0.29) is 18.2 Å². The maximum absolute atomic E-state index is 11.9. The Labute approximate surface area is 148 Å². The van der Waals surface area contributed by atoms with Gasteiger partial charge >= 0.3 is 0 Å². The lowest BCUT2D eigenvalue weighted by Crippen LogP contribution is -2.32. The molecule has 2 aromatic carbocycles. The minimum atomic E-state index is -0.280. The molecule has 2 aromatic rings. The summed E-state index contributed by atoms with van der Waals surface area (Å²) in [4.78, 5) is 23.8. The van der Waals surface area contributed by atoms with E-state index in [4.69, 9.17) is 4.74 Å². The van der Waals surface area contributed by atoms with Gasteiger partial charge in [-0.2, -0.15) is 0 Å². The molecule has 0 aliphatic rings. The first kappa shape index (κ1) is 18.5. The summed E-state index contributed by atoms with van der Waals surface area (Å²) < 4.78 is 5.27. The van der Waals surface area contributed by atoms with E-state index in [9.17, 15) is 9.59 Å². The zero-order chi connectivity index (χ0) is 18.1. The van der Waals surface area contributed by atoms with Crippen LogP contribution in [0.3, 0.4) is 0 Å². The molecule has 0 spiro atoms. The van der Waals surface area contributed by atoms with Gasteiger partial charge in [-0.05, 0) is 36.1 Å². The number of para-hydroxylation sites is 1. The van der Waals surface area contributed by atoms with Crippen molar-refractivity contribution in [2.75, 3.05) is 13.7 Å². The van der Waals surface area contributed by atoms with Crippen LogP contribution in [0.1, 0.15) is 23.1 Å². The lowest BCUT2D eigenvalue weighted by Gasteiger charge is -2.10. The summed E-state index contributed by atoms with van der Waals surface area (Å²) in [5.41, 5.74) is 3.19. The van der Waals surface area contributed by atoms with Gasteiger partial charge in [-0.1, -0.05) is 42.5 Å². The molecule has 0 fully saturated rings. The van der Waals surface area contributed by atoms with Gasteiger partial charge in [-0.15, -0.1) is 0 Å². The Bertz CT molecular complexity index is 728. The van der Waals surface area contributed by atoms with Gasteiger partial charge in [0.2, 0.25) is 11.8 Å². The van der Waals surface area contributed by atoms with Crippen LogP contribution in [-0.2, 0) is 22.6 Å². The van der Waals surface area contributed by atoms with Crippen LogP contribution in [0.4, 0.5) is 0 Å². The number of methoxy groups -OCH3 is 1. The van der Waals surface area contributed by atoms with Crippen molar-refractivity contribution >= 4 is 11.8 Å². The van der Waals surface area contributed by atoms with Crippen molar-refractivity contribution in [3.63, 3.8) is 0 Å². The number of carbonyl (C=O) groups excluding carboxylic acids is 2. The van der Waals surface area contributed by atoms with Gasteiger partial charge in [-0.25, -0.2) is 0 Å². The van der Waals surface area contributed by atoms with Gasteiger partial charge in [0.05, 0.1) is 7.11 Å². The molecule has 132 valence electrons. The highest BCUT2D eigenvalue weighted by Crippen LogP contribution is 2.17. The Morgan fingerprint density at radius 3 is 2.28 bits per heavy atom. The normalized spacial score (nSPS) is 10.2. The SMILES string of the molecule is COc1ccccc1CCNC(=O)CC(=O)NCc1ccccc1C. The van der Waals surface area contributed by atoms with E-state index in [1.165, 1.54) is 0 Å². The van der Waals surface area contributed by atoms with E-state index in [0.717, 1.165) is 22.4 Å². The van der Waals surface area contributed by atoms with Crippen LogP contribution in [0, 0.1) is 6.92 Å². The number of amides is 2. The second-order valence-corrected chi connectivity index (χ2v) is 5.79. The van der Waals surface area contributed by atoms with Crippen LogP contribution in [0.5, 0.6) is 5.75 Å². The predicted octanol–water partition coefficient (Wildman–Crippen LogP) is 2.37. The van der Waals surface area contributed by atoms with Crippen LogP contribution in [0.2, 0.25) is 0 Å². The fourth-order valence-corrected chi connectivity index (χ4v) is 2.52. The second-order valence-electron chi connectivity index (χ2n) is 5.79. The Morgan fingerprint density at radius 1 is 0.920 bits per heavy atom. The molecule has 0 saturated carbocycles. The third kappa shape index (κ3) is 5.95. The largest absolute Gasteiger partial charge is 0.496 e. The van der Waals surface area contributed by atoms with Crippen molar-refractivity contribution in [1.82, 2.24) is 10.6 Å². The minimum absolute atomic E-state index is 0.169. The fraction of sp³-hybridized carbons (Fsp3) is 0.300. The number of rotatable bonds is 8. The molecule has 0 radical (unpaired) electrons. The molecule has 2 rings (SSSR count). The van der Waals surface area contributed by atoms with Crippen molar-refractivity contribution in [1.29, 1.82) is 0 Å². The monoisotopic (exact) mass is 340 g/mol. The summed E-state index contributed by atoms with van der Waals surface area (Å²) >= 11 is 0. The maximum Gasteiger partial charge on any atom is 0.229 e. The highest BCUT2D eigenvalue weighted by molar-refractivity contribution is 5.96. The molecule has 0 aromatic heterocycles. The van der Waals surface area contributed by atoms with E-state index >= 15 is 0 Å². The van der Waals surface area contributed by atoms with Crippen LogP contribution in [-0.4, -0.2) is 25.5 Å². The quantitative estimate of drug-likeness (QED) is 0.725. The van der Waals surface area contributed by atoms with Crippen LogP contribution >= 0.6 is 0 Å². The smallest absolute Gasteiger partial charge is 0.229 e. The van der Waals surface area contributed by atoms with E-state index in [1.807, 2.05) is 55.5 Å². The van der Waals surface area contributed by atoms with E-state index < -0.39 is 0 Å². The molecule has 0 aliphatic carbocycles. The number of carbonyl (C=O) groups is 2. The maximum atomic E-state index is 11.9. The van der Waals surface area contributed by atoms with Crippen molar-refractivity contribution in [3.05, 3.63) is 65.2 Å². The average Bonchev–Trinajstić information content (AvgIpc) is 2.61. The first-order chi connectivity index (χ1) is 12.1. The van der Waals surface area contributed by atoms with Gasteiger partial charge in [-0.3, -0.25) is 9.59 Å². The molecule has 0 unspecified atom stereocenters. The Morgan fingerprint density at radius 2 is 1.56 bits per heavy atom. The lowest BCUT2D eigenvalue weighted by atomic mass is 10.1. The van der Waals surface area contributed by atoms with Gasteiger partial charge in [0.1, 0.15) is 12.2 Å². The van der Waals surface area contributed by atoms with Crippen molar-refractivity contribution in [3.8, 4) is 5.75 Å². The van der Waals surface area contributed by atoms with Crippen LogP contribution in [0.15, 0.2) is 48.5 Å². The highest BCUT2D eigenvalue weighted by atomic mass is 16.5. The van der Waals surface area contributed by atoms with Crippen LogP contribution < -0.4 is 15.4 Å². The summed E-state index contributed by atoms with van der Waals surface area (Å²) in [5.74, 6) is 0.239. The molecule has 2 amide bonds. The standard InChI is InChI=1S/C20H24N2O3/c1-15-7-3-4-9-17(15)14-22-20(24)13-19(23)21-12-11-16-8-5-6-10-18(16)25-2/h3-10H,11-14H2,1-2H3,(H,21,23)(H,22,24). The van der Waals surface area contributed by atoms with Crippen molar-refractivity contribution in [2.24, 2.45) is 0 Å².